The number of hydrogen-bond acceptors (Lipinski definition) is 4. The van der Waals surface area contributed by atoms with Gasteiger partial charge < -0.3 is 4.74 Å². The Labute approximate surface area is 158 Å². The van der Waals surface area contributed by atoms with Gasteiger partial charge in [0.25, 0.3) is 0 Å². The second kappa shape index (κ2) is 6.56. The summed E-state index contributed by atoms with van der Waals surface area (Å²) < 4.78 is 5.77. The Morgan fingerprint density at radius 2 is 1.41 bits per heavy atom. The highest BCUT2D eigenvalue weighted by Gasteiger charge is 2.50. The molecule has 4 heteroatoms. The molecule has 3 atom stereocenters. The Bertz CT molecular complexity index is 919. The largest absolute Gasteiger partial charge is 0.456 e. The number of hydrogen-bond donors (Lipinski definition) is 1. The highest BCUT2D eigenvalue weighted by atomic mass is 16.6. The second-order valence-corrected chi connectivity index (χ2v) is 7.04. The molecule has 1 saturated heterocycles. The minimum absolute atomic E-state index is 0.102. The van der Waals surface area contributed by atoms with Crippen molar-refractivity contribution in [3.05, 3.63) is 96.1 Å². The molecule has 1 heterocycles. The summed E-state index contributed by atoms with van der Waals surface area (Å²) in [6.07, 6.45) is 0.696. The van der Waals surface area contributed by atoms with Crippen molar-refractivity contribution in [1.82, 2.24) is 5.43 Å². The molecule has 0 bridgehead atoms. The first-order valence-corrected chi connectivity index (χ1v) is 9.26. The summed E-state index contributed by atoms with van der Waals surface area (Å²) in [5, 5.41) is 1.98. The molecule has 0 saturated carbocycles. The first-order chi connectivity index (χ1) is 13.3. The molecule has 1 unspecified atom stereocenters. The molecule has 3 aromatic rings. The van der Waals surface area contributed by atoms with Crippen LogP contribution < -0.4 is 10.4 Å². The molecule has 27 heavy (non-hydrogen) atoms. The van der Waals surface area contributed by atoms with Gasteiger partial charge in [0.15, 0.2) is 0 Å². The third-order valence-corrected chi connectivity index (χ3v) is 5.43. The third-order valence-electron chi connectivity index (χ3n) is 5.43. The maximum atomic E-state index is 12.7. The molecule has 0 aromatic heterocycles. The first-order valence-electron chi connectivity index (χ1n) is 9.26. The van der Waals surface area contributed by atoms with Gasteiger partial charge >= 0.3 is 5.97 Å². The number of hydrazine groups is 1. The number of benzene rings is 3. The Morgan fingerprint density at radius 1 is 0.815 bits per heavy atom. The zero-order valence-corrected chi connectivity index (χ0v) is 14.8. The Balaban J connectivity index is 1.48. The van der Waals surface area contributed by atoms with E-state index in [0.29, 0.717) is 0 Å². The van der Waals surface area contributed by atoms with Crippen LogP contribution in [-0.2, 0) is 16.0 Å². The van der Waals surface area contributed by atoms with Gasteiger partial charge in [-0.15, -0.1) is 0 Å². The summed E-state index contributed by atoms with van der Waals surface area (Å²) in [4.78, 5) is 12.7. The average Bonchev–Trinajstić information content (AvgIpc) is 3.22. The van der Waals surface area contributed by atoms with E-state index >= 15 is 0 Å². The molecule has 5 rings (SSSR count). The lowest BCUT2D eigenvalue weighted by atomic mass is 9.98. The van der Waals surface area contributed by atoms with Crippen LogP contribution in [-0.4, -0.2) is 12.0 Å². The highest BCUT2D eigenvalue weighted by molar-refractivity contribution is 5.80. The molecule has 0 amide bonds. The van der Waals surface area contributed by atoms with Gasteiger partial charge in [0.05, 0.1) is 11.4 Å². The molecule has 1 fully saturated rings. The van der Waals surface area contributed by atoms with E-state index in [0.717, 1.165) is 23.4 Å². The molecule has 134 valence electrons. The van der Waals surface area contributed by atoms with E-state index in [1.54, 1.807) is 0 Å². The quantitative estimate of drug-likeness (QED) is 0.563. The topological polar surface area (TPSA) is 41.6 Å². The Hall–Kier alpha value is -3.11. The second-order valence-electron chi connectivity index (χ2n) is 7.04. The van der Waals surface area contributed by atoms with Crippen LogP contribution >= 0.6 is 0 Å². The van der Waals surface area contributed by atoms with E-state index < -0.39 is 0 Å². The van der Waals surface area contributed by atoms with E-state index in [2.05, 4.69) is 17.6 Å². The van der Waals surface area contributed by atoms with Crippen molar-refractivity contribution in [3.8, 4) is 0 Å². The lowest BCUT2D eigenvalue weighted by Gasteiger charge is -2.29. The molecule has 1 N–H and O–H groups in total. The van der Waals surface area contributed by atoms with Crippen molar-refractivity contribution in [1.29, 1.82) is 0 Å². The summed E-state index contributed by atoms with van der Waals surface area (Å²) in [6, 6.07) is 27.9. The molecule has 1 aliphatic heterocycles. The van der Waals surface area contributed by atoms with Crippen LogP contribution in [0.5, 0.6) is 0 Å². The standard InChI is InChI=1S/C23H20N2O2/c26-23-21(20-15-16-9-7-8-14-19(16)22(20)27-23)24-25(17-10-3-1-4-11-17)18-12-5-2-6-13-18/h1-14,20-22,24H,15H2/t20-,21?,22-/m1/s1. The molecule has 2 aliphatic rings. The highest BCUT2D eigenvalue weighted by Crippen LogP contribution is 2.45. The smallest absolute Gasteiger partial charge is 0.326 e. The summed E-state index contributed by atoms with van der Waals surface area (Å²) in [6.45, 7) is 0. The van der Waals surface area contributed by atoms with Crippen LogP contribution in [0.1, 0.15) is 17.2 Å². The molecule has 3 aromatic carbocycles. The summed E-state index contributed by atoms with van der Waals surface area (Å²) in [5.74, 6) is -0.0822. The van der Waals surface area contributed by atoms with E-state index in [1.165, 1.54) is 5.56 Å². The van der Waals surface area contributed by atoms with E-state index in [1.807, 2.05) is 77.8 Å². The van der Waals surface area contributed by atoms with Crippen LogP contribution in [0.3, 0.4) is 0 Å². The van der Waals surface area contributed by atoms with Gasteiger partial charge in [-0.2, -0.15) is 0 Å². The van der Waals surface area contributed by atoms with Crippen LogP contribution in [0.4, 0.5) is 11.4 Å². The van der Waals surface area contributed by atoms with Gasteiger partial charge in [-0.1, -0.05) is 60.7 Å². The first kappa shape index (κ1) is 16.1. The number of fused-ring (bicyclic) bond motifs is 3. The van der Waals surface area contributed by atoms with Gasteiger partial charge in [0.1, 0.15) is 12.1 Å². The summed E-state index contributed by atoms with van der Waals surface area (Å²) in [5.41, 5.74) is 7.85. The SMILES string of the molecule is O=C1O[C@@H]2c3ccccc3C[C@@H]2C1NN(c1ccccc1)c1ccccc1. The van der Waals surface area contributed by atoms with Gasteiger partial charge in [0.2, 0.25) is 0 Å². The Morgan fingerprint density at radius 3 is 2.07 bits per heavy atom. The van der Waals surface area contributed by atoms with Crippen molar-refractivity contribution in [3.63, 3.8) is 0 Å². The molecule has 0 radical (unpaired) electrons. The average molecular weight is 356 g/mol. The van der Waals surface area contributed by atoms with Crippen molar-refractivity contribution in [2.75, 3.05) is 5.01 Å². The van der Waals surface area contributed by atoms with Crippen molar-refractivity contribution in [2.45, 2.75) is 18.6 Å². The number of para-hydroxylation sites is 2. The zero-order valence-electron chi connectivity index (χ0n) is 14.8. The van der Waals surface area contributed by atoms with Gasteiger partial charge in [-0.25, -0.2) is 5.43 Å². The maximum Gasteiger partial charge on any atom is 0.326 e. The predicted octanol–water partition coefficient (Wildman–Crippen LogP) is 4.17. The number of anilines is 2. The number of nitrogens with one attached hydrogen (secondary N) is 1. The number of ether oxygens (including phenoxy) is 1. The van der Waals surface area contributed by atoms with Gasteiger partial charge in [-0.3, -0.25) is 9.80 Å². The lowest BCUT2D eigenvalue weighted by molar-refractivity contribution is -0.143. The number of carbonyl (C=O) groups is 1. The fourth-order valence-corrected chi connectivity index (χ4v) is 4.15. The summed E-state index contributed by atoms with van der Waals surface area (Å²) >= 11 is 0. The number of esters is 1. The zero-order chi connectivity index (χ0) is 18.2. The minimum Gasteiger partial charge on any atom is -0.456 e. The van der Waals surface area contributed by atoms with Crippen molar-refractivity contribution >= 4 is 17.3 Å². The van der Waals surface area contributed by atoms with Crippen molar-refractivity contribution in [2.24, 2.45) is 5.92 Å². The number of rotatable bonds is 4. The van der Waals surface area contributed by atoms with Crippen LogP contribution in [0.2, 0.25) is 0 Å². The van der Waals surface area contributed by atoms with Crippen LogP contribution in [0, 0.1) is 5.92 Å². The monoisotopic (exact) mass is 356 g/mol. The molecule has 0 spiro atoms. The fourth-order valence-electron chi connectivity index (χ4n) is 4.15. The number of carbonyl (C=O) groups excluding carboxylic acids is 1. The predicted molar refractivity (Wildman–Crippen MR) is 104 cm³/mol. The number of nitrogens with zero attached hydrogens (tertiary/aromatic N) is 1. The fraction of sp³-hybridized carbons (Fsp3) is 0.174. The van der Waals surface area contributed by atoms with Crippen LogP contribution in [0.25, 0.3) is 0 Å². The summed E-state index contributed by atoms with van der Waals surface area (Å²) in [7, 11) is 0. The van der Waals surface area contributed by atoms with E-state index in [9.17, 15) is 4.79 Å². The third kappa shape index (κ3) is 2.78. The Kier molecular flexibility index (Phi) is 3.91. The van der Waals surface area contributed by atoms with Crippen LogP contribution in [0.15, 0.2) is 84.9 Å². The molecule has 1 aliphatic carbocycles. The van der Waals surface area contributed by atoms with E-state index in [4.69, 9.17) is 4.74 Å². The maximum absolute atomic E-state index is 12.7. The molecular weight excluding hydrogens is 336 g/mol. The minimum atomic E-state index is -0.386. The van der Waals surface area contributed by atoms with E-state index in [-0.39, 0.29) is 24.0 Å². The molecular formula is C23H20N2O2. The van der Waals surface area contributed by atoms with Crippen molar-refractivity contribution < 1.29 is 9.53 Å². The molecule has 4 nitrogen and oxygen atoms in total. The normalized spacial score (nSPS) is 22.8. The lowest BCUT2D eigenvalue weighted by Crippen LogP contribution is -2.47. The van der Waals surface area contributed by atoms with Gasteiger partial charge in [-0.05, 0) is 41.8 Å². The van der Waals surface area contributed by atoms with Gasteiger partial charge in [0, 0.05) is 5.92 Å².